The third-order valence-corrected chi connectivity index (χ3v) is 5.30. The van der Waals surface area contributed by atoms with Gasteiger partial charge in [-0.3, -0.25) is 0 Å². The summed E-state index contributed by atoms with van der Waals surface area (Å²) >= 11 is 7.75. The third-order valence-electron chi connectivity index (χ3n) is 4.00. The zero-order valence-electron chi connectivity index (χ0n) is 12.3. The van der Waals surface area contributed by atoms with Crippen LogP contribution < -0.4 is 15.5 Å². The minimum Gasteiger partial charge on any atom is -0.371 e. The maximum atomic E-state index is 6.31. The van der Waals surface area contributed by atoms with Gasteiger partial charge in [0.2, 0.25) is 0 Å². The van der Waals surface area contributed by atoms with E-state index in [2.05, 4.69) is 54.1 Å². The normalized spacial score (nSPS) is 17.5. The molecule has 1 aromatic carbocycles. The first-order chi connectivity index (χ1) is 10.1. The number of hydrogen-bond donors (Lipinski definition) is 1. The minimum atomic E-state index is 0.0381. The second-order valence-electron chi connectivity index (χ2n) is 5.55. The van der Waals surface area contributed by atoms with Gasteiger partial charge in [-0.2, -0.15) is 0 Å². The van der Waals surface area contributed by atoms with Crippen molar-refractivity contribution in [2.75, 3.05) is 29.9 Å². The van der Waals surface area contributed by atoms with Crippen molar-refractivity contribution in [2.24, 2.45) is 5.73 Å². The Morgan fingerprint density at radius 2 is 1.86 bits per heavy atom. The molecular formula is C16H20ClN3S. The topological polar surface area (TPSA) is 32.5 Å². The number of likely N-dealkylation sites (N-methyl/N-ethyl adjacent to an activating group) is 1. The summed E-state index contributed by atoms with van der Waals surface area (Å²) in [4.78, 5) is 5.95. The van der Waals surface area contributed by atoms with Crippen molar-refractivity contribution < 1.29 is 0 Å². The first kappa shape index (κ1) is 14.7. The van der Waals surface area contributed by atoms with Crippen molar-refractivity contribution in [3.05, 3.63) is 45.6 Å². The van der Waals surface area contributed by atoms with E-state index in [0.717, 1.165) is 17.4 Å². The molecule has 0 fully saturated rings. The van der Waals surface area contributed by atoms with Gasteiger partial charge in [0.1, 0.15) is 0 Å². The van der Waals surface area contributed by atoms with E-state index >= 15 is 0 Å². The van der Waals surface area contributed by atoms with Crippen molar-refractivity contribution in [2.45, 2.75) is 19.0 Å². The molecule has 5 heteroatoms. The Hall–Kier alpha value is -1.23. The molecule has 2 N–H and O–H groups in total. The quantitative estimate of drug-likeness (QED) is 0.934. The van der Waals surface area contributed by atoms with Crippen LogP contribution >= 0.6 is 22.9 Å². The summed E-state index contributed by atoms with van der Waals surface area (Å²) < 4.78 is 0.818. The van der Waals surface area contributed by atoms with E-state index in [0.29, 0.717) is 0 Å². The van der Waals surface area contributed by atoms with Gasteiger partial charge in [0.25, 0.3) is 0 Å². The molecule has 0 saturated carbocycles. The first-order valence-electron chi connectivity index (χ1n) is 7.15. The minimum absolute atomic E-state index is 0.0381. The molecule has 1 aromatic heterocycles. The van der Waals surface area contributed by atoms with Crippen molar-refractivity contribution in [3.8, 4) is 0 Å². The van der Waals surface area contributed by atoms with E-state index in [1.54, 1.807) is 11.3 Å². The lowest BCUT2D eigenvalue weighted by Gasteiger charge is -2.42. The Labute approximate surface area is 134 Å². The molecule has 0 aliphatic carbocycles. The number of rotatable bonds is 3. The molecule has 0 spiro atoms. The van der Waals surface area contributed by atoms with E-state index in [9.17, 15) is 0 Å². The van der Waals surface area contributed by atoms with Gasteiger partial charge < -0.3 is 15.5 Å². The zero-order chi connectivity index (χ0) is 15.0. The molecule has 0 amide bonds. The maximum Gasteiger partial charge on any atom is 0.0932 e. The average Bonchev–Trinajstić information content (AvgIpc) is 2.88. The molecule has 2 unspecified atom stereocenters. The van der Waals surface area contributed by atoms with Crippen LogP contribution in [0.15, 0.2) is 36.4 Å². The SMILES string of the molecule is CC(N)C(c1ccc(Cl)s1)N1CCN(C)c2ccccc21. The Bertz CT molecular complexity index is 625. The summed E-state index contributed by atoms with van der Waals surface area (Å²) in [5, 5.41) is 0. The molecular weight excluding hydrogens is 302 g/mol. The number of halogens is 1. The molecule has 112 valence electrons. The van der Waals surface area contributed by atoms with Crippen LogP contribution in [0.1, 0.15) is 17.8 Å². The molecule has 0 bridgehead atoms. The van der Waals surface area contributed by atoms with E-state index in [-0.39, 0.29) is 12.1 Å². The van der Waals surface area contributed by atoms with E-state index in [1.807, 2.05) is 6.07 Å². The van der Waals surface area contributed by atoms with Crippen LogP contribution in [0, 0.1) is 0 Å². The number of nitrogens with two attached hydrogens (primary N) is 1. The largest absolute Gasteiger partial charge is 0.371 e. The van der Waals surface area contributed by atoms with Gasteiger partial charge in [0.05, 0.1) is 21.8 Å². The molecule has 3 nitrogen and oxygen atoms in total. The predicted octanol–water partition coefficient (Wildman–Crippen LogP) is 3.75. The molecule has 21 heavy (non-hydrogen) atoms. The van der Waals surface area contributed by atoms with Crippen LogP contribution in [0.5, 0.6) is 0 Å². The number of anilines is 2. The van der Waals surface area contributed by atoms with Gasteiger partial charge in [0.15, 0.2) is 0 Å². The maximum absolute atomic E-state index is 6.31. The van der Waals surface area contributed by atoms with Crippen LogP contribution in [0.2, 0.25) is 4.34 Å². The highest BCUT2D eigenvalue weighted by Gasteiger charge is 2.30. The fraction of sp³-hybridized carbons (Fsp3) is 0.375. The predicted molar refractivity (Wildman–Crippen MR) is 92.8 cm³/mol. The molecule has 3 rings (SSSR count). The lowest BCUT2D eigenvalue weighted by molar-refractivity contribution is 0.529. The molecule has 1 aliphatic rings. The Kier molecular flexibility index (Phi) is 4.11. The average molecular weight is 322 g/mol. The van der Waals surface area contributed by atoms with Crippen LogP contribution in [0.3, 0.4) is 0 Å². The van der Waals surface area contributed by atoms with Crippen molar-refractivity contribution in [3.63, 3.8) is 0 Å². The number of thiophene rings is 1. The Morgan fingerprint density at radius 1 is 1.14 bits per heavy atom. The first-order valence-corrected chi connectivity index (χ1v) is 8.35. The highest BCUT2D eigenvalue weighted by molar-refractivity contribution is 7.16. The molecule has 0 saturated heterocycles. The molecule has 1 aliphatic heterocycles. The summed E-state index contributed by atoms with van der Waals surface area (Å²) in [5.74, 6) is 0. The van der Waals surface area contributed by atoms with E-state index < -0.39 is 0 Å². The van der Waals surface area contributed by atoms with Crippen LogP contribution in [-0.4, -0.2) is 26.2 Å². The highest BCUT2D eigenvalue weighted by atomic mass is 35.5. The van der Waals surface area contributed by atoms with E-state index in [4.69, 9.17) is 17.3 Å². The summed E-state index contributed by atoms with van der Waals surface area (Å²) in [5.41, 5.74) is 8.82. The van der Waals surface area contributed by atoms with Gasteiger partial charge in [0, 0.05) is 31.1 Å². The Morgan fingerprint density at radius 3 is 2.48 bits per heavy atom. The number of benzene rings is 1. The second kappa shape index (κ2) is 5.87. The second-order valence-corrected chi connectivity index (χ2v) is 7.30. The molecule has 2 atom stereocenters. The lowest BCUT2D eigenvalue weighted by Crippen LogP contribution is -2.46. The summed E-state index contributed by atoms with van der Waals surface area (Å²) in [6.45, 7) is 4.04. The smallest absolute Gasteiger partial charge is 0.0932 e. The summed E-state index contributed by atoms with van der Waals surface area (Å²) in [6, 6.07) is 12.8. The summed E-state index contributed by atoms with van der Waals surface area (Å²) in [6.07, 6.45) is 0. The van der Waals surface area contributed by atoms with Gasteiger partial charge in [-0.15, -0.1) is 11.3 Å². The van der Waals surface area contributed by atoms with Crippen LogP contribution in [-0.2, 0) is 0 Å². The highest BCUT2D eigenvalue weighted by Crippen LogP contribution is 2.40. The van der Waals surface area contributed by atoms with Crippen molar-refractivity contribution in [1.82, 2.24) is 0 Å². The summed E-state index contributed by atoms with van der Waals surface area (Å²) in [7, 11) is 2.14. The van der Waals surface area contributed by atoms with Gasteiger partial charge >= 0.3 is 0 Å². The number of hydrogen-bond acceptors (Lipinski definition) is 4. The van der Waals surface area contributed by atoms with Gasteiger partial charge in [-0.05, 0) is 31.2 Å². The fourth-order valence-electron chi connectivity index (χ4n) is 3.00. The molecule has 0 radical (unpaired) electrons. The van der Waals surface area contributed by atoms with Gasteiger partial charge in [-0.1, -0.05) is 23.7 Å². The fourth-order valence-corrected chi connectivity index (χ4v) is 4.29. The van der Waals surface area contributed by atoms with E-state index in [1.165, 1.54) is 16.3 Å². The standard InChI is InChI=1S/C16H20ClN3S/c1-11(18)16(14-7-8-15(17)21-14)20-10-9-19(2)12-5-3-4-6-13(12)20/h3-8,11,16H,9-10,18H2,1-2H3. The Balaban J connectivity index is 2.03. The van der Waals surface area contributed by atoms with Crippen LogP contribution in [0.25, 0.3) is 0 Å². The van der Waals surface area contributed by atoms with Crippen LogP contribution in [0.4, 0.5) is 11.4 Å². The zero-order valence-corrected chi connectivity index (χ0v) is 13.9. The monoisotopic (exact) mass is 321 g/mol. The number of nitrogens with zero attached hydrogens (tertiary/aromatic N) is 2. The number of fused-ring (bicyclic) bond motifs is 1. The van der Waals surface area contributed by atoms with Gasteiger partial charge in [-0.25, -0.2) is 0 Å². The van der Waals surface area contributed by atoms with Crippen molar-refractivity contribution >= 4 is 34.3 Å². The lowest BCUT2D eigenvalue weighted by atomic mass is 10.0. The number of para-hydroxylation sites is 2. The van der Waals surface area contributed by atoms with Crippen molar-refractivity contribution in [1.29, 1.82) is 0 Å². The third kappa shape index (κ3) is 2.76. The molecule has 2 heterocycles. The molecule has 2 aromatic rings.